The molecule has 10 aromatic rings. The predicted molar refractivity (Wildman–Crippen MR) is 251 cm³/mol. The standard InChI is InChI=1S/C59H41N/c1-58(42-19-5-2-6-20-42)52-28-15-14-27-51(52)57-54(58)30-17-31-56(57)60(45-34-36-48-41(38-45)33-32-40-18-11-12-25-47(40)48)46-35-37-50-49-26-13-16-29-53(49)59(55(50)39-46,43-21-7-3-8-22-43)44-23-9-4-10-24-44/h2-39H,1H3. The fourth-order valence-corrected chi connectivity index (χ4v) is 10.9. The van der Waals surface area contributed by atoms with E-state index in [0.717, 1.165) is 11.4 Å². The van der Waals surface area contributed by atoms with Gasteiger partial charge in [-0.25, -0.2) is 0 Å². The number of benzene rings is 10. The maximum Gasteiger partial charge on any atom is 0.0714 e. The molecular formula is C59H41N. The average molecular weight is 764 g/mol. The highest BCUT2D eigenvalue weighted by Gasteiger charge is 2.47. The highest BCUT2D eigenvalue weighted by molar-refractivity contribution is 6.09. The lowest BCUT2D eigenvalue weighted by molar-refractivity contribution is 0.714. The van der Waals surface area contributed by atoms with Gasteiger partial charge in [0.15, 0.2) is 0 Å². The summed E-state index contributed by atoms with van der Waals surface area (Å²) in [6, 6.07) is 85.8. The minimum absolute atomic E-state index is 0.327. The molecule has 60 heavy (non-hydrogen) atoms. The predicted octanol–water partition coefficient (Wildman–Crippen LogP) is 15.2. The zero-order chi connectivity index (χ0) is 39.8. The summed E-state index contributed by atoms with van der Waals surface area (Å²) in [5.74, 6) is 0. The van der Waals surface area contributed by atoms with Crippen molar-refractivity contribution in [3.05, 3.63) is 269 Å². The minimum atomic E-state index is -0.518. The molecule has 282 valence electrons. The number of anilines is 3. The van der Waals surface area contributed by atoms with Gasteiger partial charge in [-0.3, -0.25) is 0 Å². The second-order valence-electron chi connectivity index (χ2n) is 16.5. The van der Waals surface area contributed by atoms with Crippen LogP contribution in [0.1, 0.15) is 45.9 Å². The Morgan fingerprint density at radius 2 is 0.867 bits per heavy atom. The van der Waals surface area contributed by atoms with Crippen molar-refractivity contribution in [1.29, 1.82) is 0 Å². The lowest BCUT2D eigenvalue weighted by atomic mass is 9.67. The molecule has 2 aliphatic rings. The molecule has 0 aromatic heterocycles. The Morgan fingerprint density at radius 1 is 0.333 bits per heavy atom. The lowest BCUT2D eigenvalue weighted by Crippen LogP contribution is -2.28. The van der Waals surface area contributed by atoms with Crippen LogP contribution in [0.25, 0.3) is 43.8 Å². The van der Waals surface area contributed by atoms with Gasteiger partial charge in [0.1, 0.15) is 0 Å². The van der Waals surface area contributed by atoms with Gasteiger partial charge >= 0.3 is 0 Å². The SMILES string of the molecule is CC1(c2ccccc2)c2ccccc2-c2c(N(c3ccc4c(c3)C(c3ccccc3)(c3ccccc3)c3ccccc3-4)c3ccc4c(ccc5ccccc54)c3)cccc21. The summed E-state index contributed by atoms with van der Waals surface area (Å²) in [6.45, 7) is 2.41. The van der Waals surface area contributed by atoms with E-state index in [1.54, 1.807) is 0 Å². The minimum Gasteiger partial charge on any atom is -0.310 e. The normalized spacial score (nSPS) is 15.6. The molecule has 12 rings (SSSR count). The van der Waals surface area contributed by atoms with Gasteiger partial charge in [0, 0.05) is 22.4 Å². The van der Waals surface area contributed by atoms with Gasteiger partial charge in [-0.15, -0.1) is 0 Å². The first kappa shape index (κ1) is 34.6. The summed E-state index contributed by atoms with van der Waals surface area (Å²) in [7, 11) is 0. The van der Waals surface area contributed by atoms with Gasteiger partial charge in [0.25, 0.3) is 0 Å². The molecule has 0 N–H and O–H groups in total. The van der Waals surface area contributed by atoms with Gasteiger partial charge in [-0.05, 0) is 114 Å². The van der Waals surface area contributed by atoms with Crippen molar-refractivity contribution in [3.8, 4) is 22.3 Å². The van der Waals surface area contributed by atoms with Crippen molar-refractivity contribution in [2.45, 2.75) is 17.8 Å². The second kappa shape index (κ2) is 13.3. The van der Waals surface area contributed by atoms with E-state index in [1.165, 1.54) is 88.4 Å². The number of hydrogen-bond acceptors (Lipinski definition) is 1. The molecule has 1 unspecified atom stereocenters. The molecular weight excluding hydrogens is 723 g/mol. The molecule has 0 bridgehead atoms. The molecule has 0 heterocycles. The van der Waals surface area contributed by atoms with Crippen molar-refractivity contribution in [3.63, 3.8) is 0 Å². The van der Waals surface area contributed by atoms with Crippen molar-refractivity contribution >= 4 is 38.6 Å². The van der Waals surface area contributed by atoms with E-state index in [1.807, 2.05) is 0 Å². The monoisotopic (exact) mass is 763 g/mol. The Hall–Kier alpha value is -7.48. The third-order valence-corrected chi connectivity index (χ3v) is 13.6. The number of hydrogen-bond donors (Lipinski definition) is 0. The van der Waals surface area contributed by atoms with E-state index < -0.39 is 5.41 Å². The Kier molecular flexibility index (Phi) is 7.65. The maximum absolute atomic E-state index is 2.53. The first-order valence-electron chi connectivity index (χ1n) is 21.0. The third kappa shape index (κ3) is 4.81. The Morgan fingerprint density at radius 3 is 1.62 bits per heavy atom. The number of nitrogens with zero attached hydrogens (tertiary/aromatic N) is 1. The fraction of sp³-hybridized carbons (Fsp3) is 0.0508. The summed E-state index contributed by atoms with van der Waals surface area (Å²) in [6.07, 6.45) is 0. The van der Waals surface area contributed by atoms with Crippen molar-refractivity contribution in [2.75, 3.05) is 4.90 Å². The van der Waals surface area contributed by atoms with Crippen LogP contribution in [0, 0.1) is 0 Å². The van der Waals surface area contributed by atoms with Gasteiger partial charge in [0.05, 0.1) is 11.1 Å². The molecule has 1 nitrogen and oxygen atoms in total. The van der Waals surface area contributed by atoms with Gasteiger partial charge in [-0.1, -0.05) is 200 Å². The van der Waals surface area contributed by atoms with Crippen LogP contribution in [0.2, 0.25) is 0 Å². The topological polar surface area (TPSA) is 3.24 Å². The maximum atomic E-state index is 2.53. The average Bonchev–Trinajstić information content (AvgIpc) is 3.77. The Labute approximate surface area is 351 Å². The largest absolute Gasteiger partial charge is 0.310 e. The van der Waals surface area contributed by atoms with Crippen LogP contribution in [-0.4, -0.2) is 0 Å². The van der Waals surface area contributed by atoms with Crippen LogP contribution in [0.15, 0.2) is 231 Å². The van der Waals surface area contributed by atoms with Crippen LogP contribution in [-0.2, 0) is 10.8 Å². The van der Waals surface area contributed by atoms with Crippen molar-refractivity contribution < 1.29 is 0 Å². The Balaban J connectivity index is 1.16. The van der Waals surface area contributed by atoms with E-state index in [-0.39, 0.29) is 5.41 Å². The molecule has 0 amide bonds. The molecule has 0 fully saturated rings. The summed E-state index contributed by atoms with van der Waals surface area (Å²) in [5.41, 5.74) is 16.7. The molecule has 1 heteroatoms. The van der Waals surface area contributed by atoms with E-state index in [9.17, 15) is 0 Å². The third-order valence-electron chi connectivity index (χ3n) is 13.6. The quantitative estimate of drug-likeness (QED) is 0.152. The first-order chi connectivity index (χ1) is 29.7. The van der Waals surface area contributed by atoms with Crippen LogP contribution >= 0.6 is 0 Å². The summed E-state index contributed by atoms with van der Waals surface area (Å²) >= 11 is 0. The Bertz CT molecular complexity index is 3240. The smallest absolute Gasteiger partial charge is 0.0714 e. The molecule has 10 aromatic carbocycles. The molecule has 0 aliphatic heterocycles. The molecule has 1 atom stereocenters. The van der Waals surface area contributed by atoms with Crippen LogP contribution in [0.5, 0.6) is 0 Å². The van der Waals surface area contributed by atoms with Gasteiger partial charge in [-0.2, -0.15) is 0 Å². The molecule has 0 spiro atoms. The van der Waals surface area contributed by atoms with Crippen molar-refractivity contribution in [1.82, 2.24) is 0 Å². The molecule has 0 radical (unpaired) electrons. The summed E-state index contributed by atoms with van der Waals surface area (Å²) in [5, 5.41) is 5.00. The number of rotatable bonds is 6. The summed E-state index contributed by atoms with van der Waals surface area (Å²) < 4.78 is 0. The van der Waals surface area contributed by atoms with E-state index in [4.69, 9.17) is 0 Å². The zero-order valence-electron chi connectivity index (χ0n) is 33.4. The molecule has 2 aliphatic carbocycles. The highest BCUT2D eigenvalue weighted by atomic mass is 15.1. The van der Waals surface area contributed by atoms with E-state index in [2.05, 4.69) is 242 Å². The number of fused-ring (bicyclic) bond motifs is 9. The second-order valence-corrected chi connectivity index (χ2v) is 16.5. The van der Waals surface area contributed by atoms with E-state index in [0.29, 0.717) is 0 Å². The lowest BCUT2D eigenvalue weighted by Gasteiger charge is -2.35. The highest BCUT2D eigenvalue weighted by Crippen LogP contribution is 2.59. The van der Waals surface area contributed by atoms with Crippen LogP contribution < -0.4 is 4.90 Å². The zero-order valence-corrected chi connectivity index (χ0v) is 33.4. The van der Waals surface area contributed by atoms with E-state index >= 15 is 0 Å². The molecule has 0 saturated heterocycles. The van der Waals surface area contributed by atoms with Gasteiger partial charge in [0.2, 0.25) is 0 Å². The fourth-order valence-electron chi connectivity index (χ4n) is 10.9. The van der Waals surface area contributed by atoms with Crippen molar-refractivity contribution in [2.24, 2.45) is 0 Å². The van der Waals surface area contributed by atoms with Crippen LogP contribution in [0.3, 0.4) is 0 Å². The summed E-state index contributed by atoms with van der Waals surface area (Å²) in [4.78, 5) is 2.53. The first-order valence-corrected chi connectivity index (χ1v) is 21.0. The molecule has 0 saturated carbocycles. The van der Waals surface area contributed by atoms with Gasteiger partial charge < -0.3 is 4.90 Å². The van der Waals surface area contributed by atoms with Crippen LogP contribution in [0.4, 0.5) is 17.1 Å².